The summed E-state index contributed by atoms with van der Waals surface area (Å²) >= 11 is 5.89. The fourth-order valence-corrected chi connectivity index (χ4v) is 4.58. The maximum Gasteiger partial charge on any atom is 0.262 e. The maximum absolute atomic E-state index is 13.0. The summed E-state index contributed by atoms with van der Waals surface area (Å²) in [6.45, 7) is 0.592. The van der Waals surface area contributed by atoms with Gasteiger partial charge >= 0.3 is 0 Å². The first kappa shape index (κ1) is 20.9. The number of anilines is 2. The molecule has 0 atom stereocenters. The number of pyridine rings is 1. The fourth-order valence-electron chi connectivity index (χ4n) is 3.18. The lowest BCUT2D eigenvalue weighted by atomic mass is 10.2. The SMILES string of the molecule is O=S(=O)(Nc1cccc(NC/C=C/c2ccc(Cl)cc2)c1)c1cccc2cnccc12. The number of benzene rings is 3. The van der Waals surface area contributed by atoms with Crippen molar-refractivity contribution in [2.75, 3.05) is 16.6 Å². The Morgan fingerprint density at radius 1 is 0.935 bits per heavy atom. The van der Waals surface area contributed by atoms with Crippen LogP contribution in [0.15, 0.2) is 96.2 Å². The molecule has 0 aliphatic carbocycles. The second-order valence-electron chi connectivity index (χ2n) is 6.87. The van der Waals surface area contributed by atoms with E-state index in [1.807, 2.05) is 48.6 Å². The number of fused-ring (bicyclic) bond motifs is 1. The number of halogens is 1. The van der Waals surface area contributed by atoms with Gasteiger partial charge in [-0.2, -0.15) is 0 Å². The summed E-state index contributed by atoms with van der Waals surface area (Å²) in [5.41, 5.74) is 2.35. The van der Waals surface area contributed by atoms with Crippen LogP contribution in [-0.2, 0) is 10.0 Å². The molecule has 0 amide bonds. The van der Waals surface area contributed by atoms with E-state index >= 15 is 0 Å². The van der Waals surface area contributed by atoms with Crippen LogP contribution in [0.5, 0.6) is 0 Å². The molecule has 156 valence electrons. The van der Waals surface area contributed by atoms with Crippen molar-refractivity contribution in [2.24, 2.45) is 0 Å². The van der Waals surface area contributed by atoms with E-state index in [0.717, 1.165) is 16.6 Å². The van der Waals surface area contributed by atoms with E-state index in [9.17, 15) is 8.42 Å². The third-order valence-electron chi connectivity index (χ3n) is 4.65. The maximum atomic E-state index is 13.0. The van der Waals surface area contributed by atoms with Gasteiger partial charge in [-0.3, -0.25) is 9.71 Å². The average molecular weight is 450 g/mol. The lowest BCUT2D eigenvalue weighted by Gasteiger charge is -2.12. The van der Waals surface area contributed by atoms with E-state index in [4.69, 9.17) is 11.6 Å². The molecule has 1 aromatic heterocycles. The number of nitrogens with zero attached hydrogens (tertiary/aromatic N) is 1. The predicted octanol–water partition coefficient (Wildman–Crippen LogP) is 5.81. The van der Waals surface area contributed by atoms with Gasteiger partial charge in [0.05, 0.1) is 10.6 Å². The number of hydrogen-bond donors (Lipinski definition) is 2. The van der Waals surface area contributed by atoms with E-state index < -0.39 is 10.0 Å². The number of nitrogens with one attached hydrogen (secondary N) is 2. The fraction of sp³-hybridized carbons (Fsp3) is 0.0417. The van der Waals surface area contributed by atoms with Crippen LogP contribution in [-0.4, -0.2) is 19.9 Å². The minimum absolute atomic E-state index is 0.219. The van der Waals surface area contributed by atoms with Crippen LogP contribution in [0.1, 0.15) is 5.56 Å². The standard InChI is InChI=1S/C24H20ClN3O2S/c25-20-11-9-18(10-12-20)4-3-14-27-21-6-2-7-22(16-21)28-31(29,30)24-8-1-5-19-17-26-15-13-23(19)24/h1-13,15-17,27-28H,14H2/b4-3+. The Balaban J connectivity index is 1.46. The van der Waals surface area contributed by atoms with Crippen molar-refractivity contribution in [1.82, 2.24) is 4.98 Å². The van der Waals surface area contributed by atoms with E-state index in [1.54, 1.807) is 48.8 Å². The van der Waals surface area contributed by atoms with Crippen LogP contribution in [0.25, 0.3) is 16.8 Å². The number of hydrogen-bond acceptors (Lipinski definition) is 4. The molecular weight excluding hydrogens is 430 g/mol. The summed E-state index contributed by atoms with van der Waals surface area (Å²) < 4.78 is 28.7. The summed E-state index contributed by atoms with van der Waals surface area (Å²) in [4.78, 5) is 4.27. The van der Waals surface area contributed by atoms with Crippen LogP contribution in [0, 0.1) is 0 Å². The molecule has 0 spiro atoms. The molecule has 0 aliphatic heterocycles. The Morgan fingerprint density at radius 3 is 2.55 bits per heavy atom. The van der Waals surface area contributed by atoms with Gasteiger partial charge in [-0.05, 0) is 48.0 Å². The molecule has 31 heavy (non-hydrogen) atoms. The van der Waals surface area contributed by atoms with Gasteiger partial charge in [-0.15, -0.1) is 0 Å². The zero-order valence-electron chi connectivity index (χ0n) is 16.5. The smallest absolute Gasteiger partial charge is 0.262 e. The van der Waals surface area contributed by atoms with Gasteiger partial charge in [0.2, 0.25) is 0 Å². The molecule has 0 bridgehead atoms. The highest BCUT2D eigenvalue weighted by atomic mass is 35.5. The lowest BCUT2D eigenvalue weighted by molar-refractivity contribution is 0.602. The van der Waals surface area contributed by atoms with Crippen molar-refractivity contribution >= 4 is 49.8 Å². The van der Waals surface area contributed by atoms with Crippen molar-refractivity contribution in [3.8, 4) is 0 Å². The first-order valence-electron chi connectivity index (χ1n) is 9.63. The molecule has 0 aliphatic rings. The van der Waals surface area contributed by atoms with Crippen molar-refractivity contribution in [3.63, 3.8) is 0 Å². The van der Waals surface area contributed by atoms with Gasteiger partial charge in [0.25, 0.3) is 10.0 Å². The van der Waals surface area contributed by atoms with Crippen molar-refractivity contribution in [3.05, 3.63) is 102 Å². The molecule has 3 aromatic carbocycles. The third-order valence-corrected chi connectivity index (χ3v) is 6.34. The number of aromatic nitrogens is 1. The summed E-state index contributed by atoms with van der Waals surface area (Å²) in [5.74, 6) is 0. The normalized spacial score (nSPS) is 11.6. The van der Waals surface area contributed by atoms with E-state index in [1.165, 1.54) is 0 Å². The molecule has 7 heteroatoms. The summed E-state index contributed by atoms with van der Waals surface area (Å²) in [6.07, 6.45) is 7.22. The second kappa shape index (κ2) is 9.20. The number of sulfonamides is 1. The minimum Gasteiger partial charge on any atom is -0.382 e. The van der Waals surface area contributed by atoms with Gasteiger partial charge in [-0.25, -0.2) is 8.42 Å². The molecule has 5 nitrogen and oxygen atoms in total. The van der Waals surface area contributed by atoms with Crippen molar-refractivity contribution in [1.29, 1.82) is 0 Å². The van der Waals surface area contributed by atoms with Gasteiger partial charge < -0.3 is 5.32 Å². The Bertz CT molecular complexity index is 1330. The van der Waals surface area contributed by atoms with E-state index in [2.05, 4.69) is 15.0 Å². The minimum atomic E-state index is -3.75. The quantitative estimate of drug-likeness (QED) is 0.373. The molecule has 0 unspecified atom stereocenters. The third kappa shape index (κ3) is 5.23. The molecule has 0 saturated heterocycles. The van der Waals surface area contributed by atoms with Crippen LogP contribution < -0.4 is 10.0 Å². The van der Waals surface area contributed by atoms with Crippen molar-refractivity contribution in [2.45, 2.75) is 4.90 Å². The summed E-state index contributed by atoms with van der Waals surface area (Å²) in [7, 11) is -3.75. The topological polar surface area (TPSA) is 71.1 Å². The van der Waals surface area contributed by atoms with Crippen LogP contribution >= 0.6 is 11.6 Å². The van der Waals surface area contributed by atoms with E-state index in [0.29, 0.717) is 22.6 Å². The average Bonchev–Trinajstić information content (AvgIpc) is 2.77. The molecule has 1 heterocycles. The van der Waals surface area contributed by atoms with Gasteiger partial charge in [0.1, 0.15) is 0 Å². The molecule has 4 aromatic rings. The zero-order valence-corrected chi connectivity index (χ0v) is 18.1. The molecular formula is C24H20ClN3O2S. The van der Waals surface area contributed by atoms with E-state index in [-0.39, 0.29) is 4.90 Å². The molecule has 0 fully saturated rings. The Hall–Kier alpha value is -3.35. The number of rotatable bonds is 7. The highest BCUT2D eigenvalue weighted by Gasteiger charge is 2.17. The lowest BCUT2D eigenvalue weighted by Crippen LogP contribution is -2.13. The molecule has 2 N–H and O–H groups in total. The van der Waals surface area contributed by atoms with Crippen LogP contribution in [0.4, 0.5) is 11.4 Å². The Kier molecular flexibility index (Phi) is 6.21. The summed E-state index contributed by atoms with van der Waals surface area (Å²) in [5, 5.41) is 5.37. The molecule has 0 radical (unpaired) electrons. The van der Waals surface area contributed by atoms with Gasteiger partial charge in [0, 0.05) is 40.4 Å². The van der Waals surface area contributed by atoms with Crippen LogP contribution in [0.3, 0.4) is 0 Å². The first-order valence-corrected chi connectivity index (χ1v) is 11.5. The first-order chi connectivity index (χ1) is 15.0. The Morgan fingerprint density at radius 2 is 1.71 bits per heavy atom. The molecule has 0 saturated carbocycles. The van der Waals surface area contributed by atoms with Gasteiger partial charge in [-0.1, -0.05) is 54.1 Å². The molecule has 4 rings (SSSR count). The highest BCUT2D eigenvalue weighted by molar-refractivity contribution is 7.93. The second-order valence-corrected chi connectivity index (χ2v) is 8.96. The van der Waals surface area contributed by atoms with Crippen LogP contribution in [0.2, 0.25) is 5.02 Å². The Labute approximate surface area is 186 Å². The largest absolute Gasteiger partial charge is 0.382 e. The summed E-state index contributed by atoms with van der Waals surface area (Å²) in [6, 6.07) is 21.6. The highest BCUT2D eigenvalue weighted by Crippen LogP contribution is 2.25. The predicted molar refractivity (Wildman–Crippen MR) is 128 cm³/mol. The monoisotopic (exact) mass is 449 g/mol. The van der Waals surface area contributed by atoms with Crippen molar-refractivity contribution < 1.29 is 8.42 Å². The zero-order chi connectivity index (χ0) is 21.7. The van der Waals surface area contributed by atoms with Gasteiger partial charge in [0.15, 0.2) is 0 Å².